The van der Waals surface area contributed by atoms with Gasteiger partial charge >= 0.3 is 6.18 Å². The van der Waals surface area contributed by atoms with Gasteiger partial charge in [-0.2, -0.15) is 13.2 Å². The molecule has 0 saturated heterocycles. The van der Waals surface area contributed by atoms with Crippen molar-refractivity contribution < 1.29 is 18.0 Å². The number of anilines is 2. The molecule has 3 rings (SSSR count). The fourth-order valence-corrected chi connectivity index (χ4v) is 2.77. The lowest BCUT2D eigenvalue weighted by atomic mass is 10.0. The van der Waals surface area contributed by atoms with E-state index in [-0.39, 0.29) is 12.3 Å². The molecule has 0 bridgehead atoms. The van der Waals surface area contributed by atoms with Crippen molar-refractivity contribution in [2.45, 2.75) is 32.4 Å². The average Bonchev–Trinajstić information content (AvgIpc) is 2.81. The molecule has 1 heterocycles. The zero-order chi connectivity index (χ0) is 16.8. The Morgan fingerprint density at radius 1 is 1.04 bits per heavy atom. The molecule has 0 radical (unpaired) electrons. The van der Waals surface area contributed by atoms with Gasteiger partial charge in [-0.25, -0.2) is 0 Å². The Kier molecular flexibility index (Phi) is 3.66. The van der Waals surface area contributed by atoms with Crippen LogP contribution in [0.2, 0.25) is 0 Å². The first-order valence-corrected chi connectivity index (χ1v) is 7.40. The van der Waals surface area contributed by atoms with Crippen molar-refractivity contribution in [2.24, 2.45) is 0 Å². The zero-order valence-electron chi connectivity index (χ0n) is 12.8. The number of rotatable bonds is 2. The minimum absolute atomic E-state index is 0.124. The number of alkyl halides is 3. The molecule has 1 amide bonds. The smallest absolute Gasteiger partial charge is 0.280 e. The zero-order valence-corrected chi connectivity index (χ0v) is 12.8. The van der Waals surface area contributed by atoms with Crippen LogP contribution < -0.4 is 4.90 Å². The van der Waals surface area contributed by atoms with Gasteiger partial charge in [0.25, 0.3) is 0 Å². The van der Waals surface area contributed by atoms with Gasteiger partial charge in [-0.1, -0.05) is 32.0 Å². The van der Waals surface area contributed by atoms with Crippen LogP contribution in [0.1, 0.15) is 36.5 Å². The largest absolute Gasteiger partial charge is 0.416 e. The Bertz CT molecular complexity index is 748. The van der Waals surface area contributed by atoms with Gasteiger partial charge in [0, 0.05) is 5.69 Å². The second-order valence-electron chi connectivity index (χ2n) is 5.99. The summed E-state index contributed by atoms with van der Waals surface area (Å²) in [5.41, 5.74) is 1.91. The second-order valence-corrected chi connectivity index (χ2v) is 5.99. The Morgan fingerprint density at radius 3 is 2.26 bits per heavy atom. The predicted molar refractivity (Wildman–Crippen MR) is 82.8 cm³/mol. The standard InChI is InChI=1S/C18H16F3NO/c1-11(2)12-4-7-15(8-5-12)22-16-10-14(18(19,20)21)6-3-13(16)9-17(22)23/h3-8,10-11H,9H2,1-2H3. The summed E-state index contributed by atoms with van der Waals surface area (Å²) in [5, 5.41) is 0. The number of nitrogens with zero attached hydrogens (tertiary/aromatic N) is 1. The molecule has 0 spiro atoms. The highest BCUT2D eigenvalue weighted by Gasteiger charge is 2.35. The molecular weight excluding hydrogens is 303 g/mol. The van der Waals surface area contributed by atoms with E-state index in [1.54, 1.807) is 12.1 Å². The maximum Gasteiger partial charge on any atom is 0.416 e. The first kappa shape index (κ1) is 15.6. The fourth-order valence-electron chi connectivity index (χ4n) is 2.77. The number of halogens is 3. The summed E-state index contributed by atoms with van der Waals surface area (Å²) in [6, 6.07) is 10.8. The van der Waals surface area contributed by atoms with Crippen molar-refractivity contribution in [3.63, 3.8) is 0 Å². The van der Waals surface area contributed by atoms with Crippen LogP contribution in [0.3, 0.4) is 0 Å². The fraction of sp³-hybridized carbons (Fsp3) is 0.278. The SMILES string of the molecule is CC(C)c1ccc(N2C(=O)Cc3ccc(C(F)(F)F)cc32)cc1. The maximum atomic E-state index is 12.9. The van der Waals surface area contributed by atoms with Gasteiger partial charge in [0.15, 0.2) is 0 Å². The molecule has 23 heavy (non-hydrogen) atoms. The summed E-state index contributed by atoms with van der Waals surface area (Å²) in [7, 11) is 0. The van der Waals surface area contributed by atoms with Crippen LogP contribution in [0.5, 0.6) is 0 Å². The third-order valence-electron chi connectivity index (χ3n) is 4.06. The van der Waals surface area contributed by atoms with Crippen LogP contribution in [-0.2, 0) is 17.4 Å². The number of carbonyl (C=O) groups excluding carboxylic acids is 1. The van der Waals surface area contributed by atoms with Gasteiger partial charge in [0.2, 0.25) is 5.91 Å². The molecule has 0 N–H and O–H groups in total. The highest BCUT2D eigenvalue weighted by molar-refractivity contribution is 6.07. The first-order chi connectivity index (χ1) is 10.8. The van der Waals surface area contributed by atoms with E-state index in [1.807, 2.05) is 12.1 Å². The summed E-state index contributed by atoms with van der Waals surface area (Å²) in [6.07, 6.45) is -4.30. The molecule has 0 saturated carbocycles. The van der Waals surface area contributed by atoms with E-state index in [0.29, 0.717) is 22.9 Å². The summed E-state index contributed by atoms with van der Waals surface area (Å²) in [4.78, 5) is 13.6. The highest BCUT2D eigenvalue weighted by atomic mass is 19.4. The van der Waals surface area contributed by atoms with Gasteiger partial charge in [0.1, 0.15) is 0 Å². The molecule has 0 unspecified atom stereocenters. The second kappa shape index (κ2) is 5.41. The molecule has 2 nitrogen and oxygen atoms in total. The number of fused-ring (bicyclic) bond motifs is 1. The summed E-state index contributed by atoms with van der Waals surface area (Å²) < 4.78 is 38.8. The third kappa shape index (κ3) is 2.83. The first-order valence-electron chi connectivity index (χ1n) is 7.40. The molecule has 2 aromatic rings. The number of hydrogen-bond acceptors (Lipinski definition) is 1. The lowest BCUT2D eigenvalue weighted by Gasteiger charge is -2.19. The van der Waals surface area contributed by atoms with Crippen molar-refractivity contribution in [1.82, 2.24) is 0 Å². The van der Waals surface area contributed by atoms with E-state index in [9.17, 15) is 18.0 Å². The molecular formula is C18H16F3NO. The quantitative estimate of drug-likeness (QED) is 0.758. The van der Waals surface area contributed by atoms with Crippen molar-refractivity contribution in [2.75, 3.05) is 4.90 Å². The van der Waals surface area contributed by atoms with Crippen LogP contribution in [0, 0.1) is 0 Å². The lowest BCUT2D eigenvalue weighted by Crippen LogP contribution is -2.21. The number of benzene rings is 2. The molecule has 0 aliphatic carbocycles. The molecule has 1 aliphatic heterocycles. The topological polar surface area (TPSA) is 20.3 Å². The van der Waals surface area contributed by atoms with Crippen LogP contribution >= 0.6 is 0 Å². The van der Waals surface area contributed by atoms with E-state index >= 15 is 0 Å². The van der Waals surface area contributed by atoms with Crippen LogP contribution in [0.4, 0.5) is 24.5 Å². The minimum Gasteiger partial charge on any atom is -0.280 e. The summed E-state index contributed by atoms with van der Waals surface area (Å²) >= 11 is 0. The van der Waals surface area contributed by atoms with Crippen LogP contribution in [0.25, 0.3) is 0 Å². The van der Waals surface area contributed by atoms with Gasteiger partial charge in [-0.05, 0) is 41.3 Å². The van der Waals surface area contributed by atoms with E-state index in [0.717, 1.165) is 17.7 Å². The van der Waals surface area contributed by atoms with Gasteiger partial charge < -0.3 is 0 Å². The summed E-state index contributed by atoms with van der Waals surface area (Å²) in [6.45, 7) is 4.11. The Labute approximate surface area is 132 Å². The van der Waals surface area contributed by atoms with Crippen LogP contribution in [-0.4, -0.2) is 5.91 Å². The Balaban J connectivity index is 2.03. The average molecular weight is 319 g/mol. The van der Waals surface area contributed by atoms with E-state index in [2.05, 4.69) is 13.8 Å². The van der Waals surface area contributed by atoms with Crippen molar-refractivity contribution >= 4 is 17.3 Å². The monoisotopic (exact) mass is 319 g/mol. The van der Waals surface area contributed by atoms with E-state index in [4.69, 9.17) is 0 Å². The van der Waals surface area contributed by atoms with E-state index < -0.39 is 11.7 Å². The van der Waals surface area contributed by atoms with Crippen molar-refractivity contribution in [1.29, 1.82) is 0 Å². The van der Waals surface area contributed by atoms with Gasteiger partial charge in [0.05, 0.1) is 17.7 Å². The normalized spacial score (nSPS) is 14.5. The van der Waals surface area contributed by atoms with Gasteiger partial charge in [-0.3, -0.25) is 9.69 Å². The molecule has 120 valence electrons. The van der Waals surface area contributed by atoms with Crippen molar-refractivity contribution in [3.8, 4) is 0 Å². The lowest BCUT2D eigenvalue weighted by molar-refractivity contribution is -0.137. The number of hydrogen-bond donors (Lipinski definition) is 0. The number of amides is 1. The summed E-state index contributed by atoms with van der Waals surface area (Å²) in [5.74, 6) is 0.138. The molecule has 5 heteroatoms. The van der Waals surface area contributed by atoms with Gasteiger partial charge in [-0.15, -0.1) is 0 Å². The molecule has 0 aromatic heterocycles. The van der Waals surface area contributed by atoms with Crippen molar-refractivity contribution in [3.05, 3.63) is 59.2 Å². The molecule has 0 fully saturated rings. The third-order valence-corrected chi connectivity index (χ3v) is 4.06. The van der Waals surface area contributed by atoms with E-state index in [1.165, 1.54) is 11.0 Å². The molecule has 2 aromatic carbocycles. The highest BCUT2D eigenvalue weighted by Crippen LogP contribution is 2.40. The molecule has 0 atom stereocenters. The molecule has 1 aliphatic rings. The minimum atomic E-state index is -4.42. The maximum absolute atomic E-state index is 12.9. The Hall–Kier alpha value is -2.30. The Morgan fingerprint density at radius 2 is 1.70 bits per heavy atom. The number of carbonyl (C=O) groups is 1. The predicted octanol–water partition coefficient (Wildman–Crippen LogP) is 5.05. The van der Waals surface area contributed by atoms with Crippen LogP contribution in [0.15, 0.2) is 42.5 Å².